The van der Waals surface area contributed by atoms with Gasteiger partial charge in [-0.15, -0.1) is 0 Å². The van der Waals surface area contributed by atoms with E-state index in [9.17, 15) is 36.2 Å². The van der Waals surface area contributed by atoms with Gasteiger partial charge < -0.3 is 15.2 Å². The molecule has 0 aromatic heterocycles. The second-order valence-electron chi connectivity index (χ2n) is 8.11. The normalized spacial score (nSPS) is 13.1. The zero-order chi connectivity index (χ0) is 26.3. The van der Waals surface area contributed by atoms with Crippen LogP contribution in [0, 0.1) is 0 Å². The molecule has 2 N–H and O–H groups in total. The first kappa shape index (κ1) is 27.2. The topological polar surface area (TPSA) is 58.6 Å². The fourth-order valence-corrected chi connectivity index (χ4v) is 3.88. The Balaban J connectivity index is 1.88. The number of rotatable bonds is 10. The lowest BCUT2D eigenvalue weighted by atomic mass is 9.85. The SMILES string of the molecule is O=C(O)CNC(COCc1cc(C(F)(F)F)cc(C(F)(F)F)c1)C(c1ccccc1)c1ccccc1. The number of alkyl halides is 6. The molecule has 0 bridgehead atoms. The molecule has 0 aliphatic carbocycles. The second-order valence-corrected chi connectivity index (χ2v) is 8.11. The Hall–Kier alpha value is -3.37. The number of hydrogen-bond donors (Lipinski definition) is 2. The van der Waals surface area contributed by atoms with Gasteiger partial charge in [0.15, 0.2) is 0 Å². The van der Waals surface area contributed by atoms with Crippen LogP contribution in [0.1, 0.15) is 33.7 Å². The highest BCUT2D eigenvalue weighted by Crippen LogP contribution is 2.36. The summed E-state index contributed by atoms with van der Waals surface area (Å²) in [6.45, 7) is -1.14. The fraction of sp³-hybridized carbons (Fsp3) is 0.269. The average Bonchev–Trinajstić information content (AvgIpc) is 2.82. The molecule has 0 fully saturated rings. The van der Waals surface area contributed by atoms with E-state index in [2.05, 4.69) is 5.32 Å². The Labute approximate surface area is 203 Å². The third-order valence-corrected chi connectivity index (χ3v) is 5.45. The number of nitrogens with one attached hydrogen (secondary N) is 1. The van der Waals surface area contributed by atoms with Gasteiger partial charge in [0.2, 0.25) is 0 Å². The summed E-state index contributed by atoms with van der Waals surface area (Å²) in [5.74, 6) is -1.54. The van der Waals surface area contributed by atoms with Gasteiger partial charge in [0.05, 0.1) is 30.9 Å². The molecule has 192 valence electrons. The maximum Gasteiger partial charge on any atom is 0.416 e. The van der Waals surface area contributed by atoms with E-state index in [1.54, 1.807) is 0 Å². The van der Waals surface area contributed by atoms with E-state index in [-0.39, 0.29) is 18.2 Å². The number of carboxylic acid groups (broad SMARTS) is 1. The number of carbonyl (C=O) groups is 1. The lowest BCUT2D eigenvalue weighted by Gasteiger charge is -2.29. The van der Waals surface area contributed by atoms with Crippen LogP contribution in [0.5, 0.6) is 0 Å². The zero-order valence-electron chi connectivity index (χ0n) is 18.8. The Kier molecular flexibility index (Phi) is 8.75. The van der Waals surface area contributed by atoms with Gasteiger partial charge in [-0.2, -0.15) is 26.3 Å². The van der Waals surface area contributed by atoms with Crippen molar-refractivity contribution in [3.05, 3.63) is 107 Å². The van der Waals surface area contributed by atoms with E-state index in [0.29, 0.717) is 12.1 Å². The first-order valence-corrected chi connectivity index (χ1v) is 10.9. The molecule has 1 atom stereocenters. The molecular weight excluding hydrogens is 488 g/mol. The van der Waals surface area contributed by atoms with E-state index in [4.69, 9.17) is 4.74 Å². The first-order valence-electron chi connectivity index (χ1n) is 10.9. The van der Waals surface area contributed by atoms with Crippen molar-refractivity contribution in [1.29, 1.82) is 0 Å². The molecule has 1 unspecified atom stereocenters. The maximum absolute atomic E-state index is 13.2. The van der Waals surface area contributed by atoms with Crippen LogP contribution in [-0.2, 0) is 28.5 Å². The third-order valence-electron chi connectivity index (χ3n) is 5.45. The van der Waals surface area contributed by atoms with Crippen molar-refractivity contribution >= 4 is 5.97 Å². The number of carboxylic acids is 1. The molecule has 0 radical (unpaired) electrons. The van der Waals surface area contributed by atoms with Gasteiger partial charge in [-0.05, 0) is 34.9 Å². The Morgan fingerprint density at radius 2 is 1.28 bits per heavy atom. The fourth-order valence-electron chi connectivity index (χ4n) is 3.88. The largest absolute Gasteiger partial charge is 0.480 e. The third kappa shape index (κ3) is 7.56. The Morgan fingerprint density at radius 1 is 0.806 bits per heavy atom. The van der Waals surface area contributed by atoms with Crippen molar-refractivity contribution in [2.24, 2.45) is 0 Å². The van der Waals surface area contributed by atoms with E-state index >= 15 is 0 Å². The molecular formula is C26H23F6NO3. The summed E-state index contributed by atoms with van der Waals surface area (Å²) < 4.78 is 84.6. The van der Waals surface area contributed by atoms with Crippen LogP contribution in [0.3, 0.4) is 0 Å². The van der Waals surface area contributed by atoms with Gasteiger partial charge in [0, 0.05) is 12.0 Å². The van der Waals surface area contributed by atoms with Gasteiger partial charge in [0.25, 0.3) is 0 Å². The lowest BCUT2D eigenvalue weighted by Crippen LogP contribution is -2.42. The molecule has 3 aromatic rings. The average molecular weight is 511 g/mol. The number of ether oxygens (including phenoxy) is 1. The standard InChI is InChI=1S/C26H23F6NO3/c27-25(28,29)20-11-17(12-21(13-20)26(30,31)32)15-36-16-22(33-14-23(34)35)24(18-7-3-1-4-8-18)19-9-5-2-6-10-19/h1-13,22,24,33H,14-16H2,(H,34,35). The molecule has 10 heteroatoms. The van der Waals surface area contributed by atoms with Crippen molar-refractivity contribution in [2.75, 3.05) is 13.2 Å². The summed E-state index contributed by atoms with van der Waals surface area (Å²) in [4.78, 5) is 11.2. The highest BCUT2D eigenvalue weighted by atomic mass is 19.4. The van der Waals surface area contributed by atoms with Crippen LogP contribution in [0.4, 0.5) is 26.3 Å². The van der Waals surface area contributed by atoms with Crippen LogP contribution < -0.4 is 5.32 Å². The molecule has 3 aromatic carbocycles. The van der Waals surface area contributed by atoms with Gasteiger partial charge in [-0.3, -0.25) is 4.79 Å². The Bertz CT molecular complexity index is 1060. The molecule has 0 aliphatic rings. The Morgan fingerprint density at radius 3 is 1.69 bits per heavy atom. The van der Waals surface area contributed by atoms with Crippen LogP contribution in [0.25, 0.3) is 0 Å². The van der Waals surface area contributed by atoms with Crippen molar-refractivity contribution in [2.45, 2.75) is 30.9 Å². The van der Waals surface area contributed by atoms with Gasteiger partial charge in [-0.25, -0.2) is 0 Å². The number of aliphatic carboxylic acids is 1. The smallest absolute Gasteiger partial charge is 0.416 e. The van der Waals surface area contributed by atoms with Gasteiger partial charge in [-0.1, -0.05) is 60.7 Å². The maximum atomic E-state index is 13.2. The molecule has 0 aliphatic heterocycles. The van der Waals surface area contributed by atoms with Crippen molar-refractivity contribution in [3.8, 4) is 0 Å². The zero-order valence-corrected chi connectivity index (χ0v) is 18.8. The van der Waals surface area contributed by atoms with E-state index < -0.39 is 54.6 Å². The summed E-state index contributed by atoms with van der Waals surface area (Å²) in [7, 11) is 0. The molecule has 36 heavy (non-hydrogen) atoms. The predicted octanol–water partition coefficient (Wildman–Crippen LogP) is 6.12. The summed E-state index contributed by atoms with van der Waals surface area (Å²) in [6.07, 6.45) is -9.93. The summed E-state index contributed by atoms with van der Waals surface area (Å²) in [5, 5.41) is 12.1. The minimum absolute atomic E-state index is 0.0571. The first-order chi connectivity index (χ1) is 16.9. The van der Waals surface area contributed by atoms with Crippen molar-refractivity contribution < 1.29 is 41.0 Å². The number of halogens is 6. The molecule has 0 saturated carbocycles. The van der Waals surface area contributed by atoms with Gasteiger partial charge >= 0.3 is 18.3 Å². The van der Waals surface area contributed by atoms with Crippen LogP contribution in [0.15, 0.2) is 78.9 Å². The summed E-state index contributed by atoms with van der Waals surface area (Å²) in [6, 6.07) is 18.9. The predicted molar refractivity (Wildman–Crippen MR) is 120 cm³/mol. The van der Waals surface area contributed by atoms with Crippen LogP contribution in [0.2, 0.25) is 0 Å². The van der Waals surface area contributed by atoms with E-state index in [1.165, 1.54) is 0 Å². The van der Waals surface area contributed by atoms with E-state index in [1.807, 2.05) is 60.7 Å². The molecule has 0 spiro atoms. The second kappa shape index (κ2) is 11.6. The highest BCUT2D eigenvalue weighted by molar-refractivity contribution is 5.69. The minimum Gasteiger partial charge on any atom is -0.480 e. The lowest BCUT2D eigenvalue weighted by molar-refractivity contribution is -0.143. The molecule has 4 nitrogen and oxygen atoms in total. The van der Waals surface area contributed by atoms with Crippen LogP contribution >= 0.6 is 0 Å². The summed E-state index contributed by atoms with van der Waals surface area (Å²) in [5.41, 5.74) is -1.50. The van der Waals surface area contributed by atoms with Crippen molar-refractivity contribution in [1.82, 2.24) is 5.32 Å². The quantitative estimate of drug-likeness (QED) is 0.322. The van der Waals surface area contributed by atoms with Crippen molar-refractivity contribution in [3.63, 3.8) is 0 Å². The minimum atomic E-state index is -4.96. The molecule has 0 amide bonds. The summed E-state index contributed by atoms with van der Waals surface area (Å²) >= 11 is 0. The van der Waals surface area contributed by atoms with E-state index in [0.717, 1.165) is 11.1 Å². The molecule has 3 rings (SSSR count). The van der Waals surface area contributed by atoms with Gasteiger partial charge in [0.1, 0.15) is 0 Å². The number of hydrogen-bond acceptors (Lipinski definition) is 3. The molecule has 0 saturated heterocycles. The monoisotopic (exact) mass is 511 g/mol. The number of benzene rings is 3. The highest BCUT2D eigenvalue weighted by Gasteiger charge is 2.37. The van der Waals surface area contributed by atoms with Crippen LogP contribution in [-0.4, -0.2) is 30.3 Å². The molecule has 0 heterocycles.